The van der Waals surface area contributed by atoms with Crippen molar-refractivity contribution in [3.63, 3.8) is 0 Å². The first-order chi connectivity index (χ1) is 7.26. The molecule has 0 aromatic rings. The van der Waals surface area contributed by atoms with Crippen LogP contribution in [-0.4, -0.2) is 50.7 Å². The van der Waals surface area contributed by atoms with E-state index in [1.54, 1.807) is 7.11 Å². The molecule has 2 aliphatic rings. The van der Waals surface area contributed by atoms with Crippen LogP contribution in [0.25, 0.3) is 0 Å². The van der Waals surface area contributed by atoms with E-state index in [9.17, 15) is 4.79 Å². The zero-order chi connectivity index (χ0) is 10.7. The zero-order valence-electron chi connectivity index (χ0n) is 9.42. The van der Waals surface area contributed by atoms with Crippen LogP contribution in [0.15, 0.2) is 0 Å². The normalized spacial score (nSPS) is 31.1. The van der Waals surface area contributed by atoms with E-state index >= 15 is 0 Å². The molecule has 0 aromatic heterocycles. The van der Waals surface area contributed by atoms with Gasteiger partial charge in [0.05, 0.1) is 0 Å². The van der Waals surface area contributed by atoms with Gasteiger partial charge in [0.2, 0.25) is 5.91 Å². The van der Waals surface area contributed by atoms with Crippen LogP contribution in [0, 0.1) is 5.41 Å². The van der Waals surface area contributed by atoms with Crippen molar-refractivity contribution in [1.82, 2.24) is 10.2 Å². The lowest BCUT2D eigenvalue weighted by atomic mass is 9.80. The van der Waals surface area contributed by atoms with E-state index in [1.807, 2.05) is 4.90 Å². The predicted molar refractivity (Wildman–Crippen MR) is 57.6 cm³/mol. The van der Waals surface area contributed by atoms with Gasteiger partial charge in [0.1, 0.15) is 6.61 Å². The lowest BCUT2D eigenvalue weighted by Gasteiger charge is -2.33. The molecule has 0 saturated carbocycles. The SMILES string of the molecule is COCC(=O)N1CC[C@]2(CCCNC2)C1. The zero-order valence-corrected chi connectivity index (χ0v) is 9.42. The summed E-state index contributed by atoms with van der Waals surface area (Å²) in [4.78, 5) is 13.6. The van der Waals surface area contributed by atoms with Gasteiger partial charge in [-0.1, -0.05) is 0 Å². The highest BCUT2D eigenvalue weighted by molar-refractivity contribution is 5.77. The van der Waals surface area contributed by atoms with Gasteiger partial charge in [-0.2, -0.15) is 0 Å². The molecule has 2 saturated heterocycles. The van der Waals surface area contributed by atoms with Crippen molar-refractivity contribution in [3.05, 3.63) is 0 Å². The summed E-state index contributed by atoms with van der Waals surface area (Å²) in [7, 11) is 1.58. The smallest absolute Gasteiger partial charge is 0.248 e. The summed E-state index contributed by atoms with van der Waals surface area (Å²) >= 11 is 0. The summed E-state index contributed by atoms with van der Waals surface area (Å²) in [6, 6.07) is 0. The summed E-state index contributed by atoms with van der Waals surface area (Å²) < 4.78 is 4.88. The second-order valence-electron chi connectivity index (χ2n) is 4.78. The van der Waals surface area contributed by atoms with Crippen molar-refractivity contribution < 1.29 is 9.53 Å². The fourth-order valence-electron chi connectivity index (χ4n) is 2.74. The van der Waals surface area contributed by atoms with Gasteiger partial charge in [0.25, 0.3) is 0 Å². The van der Waals surface area contributed by atoms with E-state index < -0.39 is 0 Å². The molecular weight excluding hydrogens is 192 g/mol. The van der Waals surface area contributed by atoms with Crippen LogP contribution in [0.3, 0.4) is 0 Å². The van der Waals surface area contributed by atoms with Crippen LogP contribution < -0.4 is 5.32 Å². The Balaban J connectivity index is 1.90. The third-order valence-electron chi connectivity index (χ3n) is 3.62. The average molecular weight is 212 g/mol. The number of hydrogen-bond donors (Lipinski definition) is 1. The van der Waals surface area contributed by atoms with Crippen molar-refractivity contribution in [2.45, 2.75) is 19.3 Å². The molecule has 2 aliphatic heterocycles. The molecule has 0 radical (unpaired) electrons. The number of amides is 1. The Morgan fingerprint density at radius 3 is 3.07 bits per heavy atom. The number of carbonyl (C=O) groups excluding carboxylic acids is 1. The molecule has 0 aliphatic carbocycles. The van der Waals surface area contributed by atoms with Crippen molar-refractivity contribution in [2.24, 2.45) is 5.41 Å². The van der Waals surface area contributed by atoms with Gasteiger partial charge in [-0.15, -0.1) is 0 Å². The van der Waals surface area contributed by atoms with Crippen molar-refractivity contribution in [1.29, 1.82) is 0 Å². The first-order valence-electron chi connectivity index (χ1n) is 5.73. The quantitative estimate of drug-likeness (QED) is 0.712. The standard InChI is InChI=1S/C11H20N2O2/c1-15-7-10(14)13-6-4-11(9-13)3-2-5-12-8-11/h12H,2-9H2,1H3/t11-/m0/s1. The maximum absolute atomic E-state index is 11.7. The lowest BCUT2D eigenvalue weighted by Crippen LogP contribution is -2.43. The van der Waals surface area contributed by atoms with E-state index in [-0.39, 0.29) is 12.5 Å². The van der Waals surface area contributed by atoms with E-state index in [4.69, 9.17) is 4.74 Å². The first kappa shape index (κ1) is 10.9. The van der Waals surface area contributed by atoms with Crippen LogP contribution in [-0.2, 0) is 9.53 Å². The molecule has 2 fully saturated rings. The molecule has 1 amide bonds. The second-order valence-corrected chi connectivity index (χ2v) is 4.78. The van der Waals surface area contributed by atoms with Gasteiger partial charge in [-0.3, -0.25) is 4.79 Å². The molecule has 2 heterocycles. The molecule has 2 rings (SSSR count). The van der Waals surface area contributed by atoms with E-state index in [0.717, 1.165) is 32.6 Å². The van der Waals surface area contributed by atoms with Gasteiger partial charge in [-0.05, 0) is 25.8 Å². The Bertz CT molecular complexity index is 237. The van der Waals surface area contributed by atoms with Gasteiger partial charge < -0.3 is 15.0 Å². The van der Waals surface area contributed by atoms with E-state index in [0.29, 0.717) is 5.41 Å². The number of nitrogens with one attached hydrogen (secondary N) is 1. The minimum absolute atomic E-state index is 0.139. The molecule has 1 spiro atoms. The topological polar surface area (TPSA) is 41.6 Å². The molecule has 86 valence electrons. The number of methoxy groups -OCH3 is 1. The second kappa shape index (κ2) is 4.49. The predicted octanol–water partition coefficient (Wildman–Crippen LogP) is 0.235. The Kier molecular flexibility index (Phi) is 3.26. The molecule has 4 nitrogen and oxygen atoms in total. The molecule has 4 heteroatoms. The van der Waals surface area contributed by atoms with Crippen LogP contribution in [0.1, 0.15) is 19.3 Å². The maximum atomic E-state index is 11.7. The van der Waals surface area contributed by atoms with Crippen LogP contribution >= 0.6 is 0 Å². The van der Waals surface area contributed by atoms with Crippen molar-refractivity contribution in [2.75, 3.05) is 39.9 Å². The number of piperidine rings is 1. The summed E-state index contributed by atoms with van der Waals surface area (Å²) in [5, 5.41) is 3.44. The van der Waals surface area contributed by atoms with Gasteiger partial charge >= 0.3 is 0 Å². The fraction of sp³-hybridized carbons (Fsp3) is 0.909. The Labute approximate surface area is 91.0 Å². The Hall–Kier alpha value is -0.610. The molecule has 0 aromatic carbocycles. The van der Waals surface area contributed by atoms with E-state index in [2.05, 4.69) is 5.32 Å². The summed E-state index contributed by atoms with van der Waals surface area (Å²) in [6.07, 6.45) is 3.65. The van der Waals surface area contributed by atoms with Crippen molar-refractivity contribution >= 4 is 5.91 Å². The van der Waals surface area contributed by atoms with Gasteiger partial charge in [0, 0.05) is 32.2 Å². The van der Waals surface area contributed by atoms with Gasteiger partial charge in [-0.25, -0.2) is 0 Å². The number of nitrogens with zero attached hydrogens (tertiary/aromatic N) is 1. The molecule has 15 heavy (non-hydrogen) atoms. The van der Waals surface area contributed by atoms with Gasteiger partial charge in [0.15, 0.2) is 0 Å². The summed E-state index contributed by atoms with van der Waals surface area (Å²) in [5.41, 5.74) is 0.363. The highest BCUT2D eigenvalue weighted by atomic mass is 16.5. The largest absolute Gasteiger partial charge is 0.375 e. The average Bonchev–Trinajstić information content (AvgIpc) is 2.64. The Morgan fingerprint density at radius 1 is 1.53 bits per heavy atom. The molecular formula is C11H20N2O2. The summed E-state index contributed by atoms with van der Waals surface area (Å²) in [5.74, 6) is 0.139. The number of rotatable bonds is 2. The first-order valence-corrected chi connectivity index (χ1v) is 5.73. The number of hydrogen-bond acceptors (Lipinski definition) is 3. The van der Waals surface area contributed by atoms with Crippen molar-refractivity contribution in [3.8, 4) is 0 Å². The van der Waals surface area contributed by atoms with Crippen LogP contribution in [0.4, 0.5) is 0 Å². The van der Waals surface area contributed by atoms with E-state index in [1.165, 1.54) is 12.8 Å². The maximum Gasteiger partial charge on any atom is 0.248 e. The highest BCUT2D eigenvalue weighted by Crippen LogP contribution is 2.36. The van der Waals surface area contributed by atoms with Crippen LogP contribution in [0.2, 0.25) is 0 Å². The molecule has 1 N–H and O–H groups in total. The molecule has 0 unspecified atom stereocenters. The monoisotopic (exact) mass is 212 g/mol. The highest BCUT2D eigenvalue weighted by Gasteiger charge is 2.40. The number of carbonyl (C=O) groups is 1. The number of likely N-dealkylation sites (tertiary alicyclic amines) is 1. The fourth-order valence-corrected chi connectivity index (χ4v) is 2.74. The summed E-state index contributed by atoms with van der Waals surface area (Å²) in [6.45, 7) is 4.26. The third-order valence-corrected chi connectivity index (χ3v) is 3.62. The Morgan fingerprint density at radius 2 is 2.40 bits per heavy atom. The van der Waals surface area contributed by atoms with Crippen LogP contribution in [0.5, 0.6) is 0 Å². The minimum Gasteiger partial charge on any atom is -0.375 e. The third kappa shape index (κ3) is 2.32. The molecule has 1 atom stereocenters. The number of ether oxygens (including phenoxy) is 1. The molecule has 0 bridgehead atoms. The minimum atomic E-state index is 0.139. The lowest BCUT2D eigenvalue weighted by molar-refractivity contribution is -0.134.